The highest BCUT2D eigenvalue weighted by molar-refractivity contribution is 5.73. The van der Waals surface area contributed by atoms with Gasteiger partial charge in [0.05, 0.1) is 0 Å². The summed E-state index contributed by atoms with van der Waals surface area (Å²) in [7, 11) is 0. The summed E-state index contributed by atoms with van der Waals surface area (Å²) >= 11 is 0. The Balaban J connectivity index is 1.99. The molecule has 2 fully saturated rings. The van der Waals surface area contributed by atoms with Crippen LogP contribution in [0.2, 0.25) is 0 Å². The normalized spacial score (nSPS) is 42.6. The number of rotatable bonds is 1. The van der Waals surface area contributed by atoms with Crippen molar-refractivity contribution >= 4 is 6.03 Å². The number of hydrogen-bond acceptors (Lipinski definition) is 1. The Morgan fingerprint density at radius 2 is 2.50 bits per heavy atom. The Bertz CT molecular complexity index is 180. The second-order valence-electron chi connectivity index (χ2n) is 3.44. The molecule has 0 radical (unpaired) electrons. The van der Waals surface area contributed by atoms with Gasteiger partial charge in [0.25, 0.3) is 0 Å². The average molecular weight is 140 g/mol. The van der Waals surface area contributed by atoms with E-state index in [1.165, 1.54) is 12.8 Å². The summed E-state index contributed by atoms with van der Waals surface area (Å²) in [4.78, 5) is 10.5. The van der Waals surface area contributed by atoms with Crippen LogP contribution in [0, 0.1) is 5.92 Å². The van der Waals surface area contributed by atoms with E-state index in [1.54, 1.807) is 0 Å². The maximum atomic E-state index is 10.5. The summed E-state index contributed by atoms with van der Waals surface area (Å²) in [6.45, 7) is 0. The third-order valence-corrected chi connectivity index (χ3v) is 2.78. The molecule has 0 aromatic carbocycles. The highest BCUT2D eigenvalue weighted by atomic mass is 16.2. The molecule has 3 heteroatoms. The smallest absolute Gasteiger partial charge is 0.312 e. The van der Waals surface area contributed by atoms with Gasteiger partial charge in [-0.05, 0) is 25.2 Å². The number of amides is 2. The third kappa shape index (κ3) is 0.696. The molecule has 0 aromatic rings. The first-order valence-corrected chi connectivity index (χ1v) is 3.81. The monoisotopic (exact) mass is 140 g/mol. The first-order valence-electron chi connectivity index (χ1n) is 3.81. The molecule has 2 saturated carbocycles. The second-order valence-corrected chi connectivity index (χ2v) is 3.44. The Morgan fingerprint density at radius 1 is 1.70 bits per heavy atom. The molecule has 2 aliphatic carbocycles. The molecule has 0 saturated heterocycles. The first kappa shape index (κ1) is 6.01. The van der Waals surface area contributed by atoms with Crippen LogP contribution in [0.5, 0.6) is 0 Å². The van der Waals surface area contributed by atoms with Crippen molar-refractivity contribution in [2.24, 2.45) is 11.7 Å². The van der Waals surface area contributed by atoms with Gasteiger partial charge in [0.1, 0.15) is 0 Å². The van der Waals surface area contributed by atoms with Crippen LogP contribution in [0.4, 0.5) is 4.79 Å². The minimum atomic E-state index is -0.357. The van der Waals surface area contributed by atoms with Crippen molar-refractivity contribution in [2.45, 2.75) is 31.2 Å². The Labute approximate surface area is 60.0 Å². The molecule has 2 rings (SSSR count). The van der Waals surface area contributed by atoms with Crippen LogP contribution in [-0.2, 0) is 0 Å². The van der Waals surface area contributed by atoms with Crippen LogP contribution < -0.4 is 11.1 Å². The summed E-state index contributed by atoms with van der Waals surface area (Å²) in [5.41, 5.74) is 5.19. The molecule has 2 atom stereocenters. The van der Waals surface area contributed by atoms with Gasteiger partial charge < -0.3 is 11.1 Å². The van der Waals surface area contributed by atoms with Crippen molar-refractivity contribution in [1.82, 2.24) is 5.32 Å². The highest BCUT2D eigenvalue weighted by Gasteiger charge is 2.57. The molecule has 3 N–H and O–H groups in total. The van der Waals surface area contributed by atoms with Gasteiger partial charge in [0, 0.05) is 5.54 Å². The van der Waals surface area contributed by atoms with Crippen molar-refractivity contribution in [2.75, 3.05) is 0 Å². The molecule has 0 aromatic heterocycles. The Morgan fingerprint density at radius 3 is 2.90 bits per heavy atom. The van der Waals surface area contributed by atoms with Crippen molar-refractivity contribution in [3.63, 3.8) is 0 Å². The number of carbonyl (C=O) groups excluding carboxylic acids is 1. The minimum absolute atomic E-state index is 0.159. The van der Waals surface area contributed by atoms with E-state index < -0.39 is 0 Å². The van der Waals surface area contributed by atoms with Crippen LogP contribution >= 0.6 is 0 Å². The summed E-state index contributed by atoms with van der Waals surface area (Å²) in [6, 6.07) is -0.357. The maximum absolute atomic E-state index is 10.5. The van der Waals surface area contributed by atoms with Crippen LogP contribution in [0.25, 0.3) is 0 Å². The quantitative estimate of drug-likeness (QED) is 0.550. The van der Waals surface area contributed by atoms with Gasteiger partial charge in [-0.25, -0.2) is 4.79 Å². The fourth-order valence-corrected chi connectivity index (χ4v) is 2.19. The second kappa shape index (κ2) is 1.65. The largest absolute Gasteiger partial charge is 0.352 e. The van der Waals surface area contributed by atoms with Gasteiger partial charge in [-0.2, -0.15) is 0 Å². The third-order valence-electron chi connectivity index (χ3n) is 2.78. The SMILES string of the molecule is NC(=O)N[C@@]12CCC[C@@H]1C2. The number of carbonyl (C=O) groups is 1. The lowest BCUT2D eigenvalue weighted by molar-refractivity contribution is 0.243. The van der Waals surface area contributed by atoms with Crippen molar-refractivity contribution in [1.29, 1.82) is 0 Å². The number of fused-ring (bicyclic) bond motifs is 1. The standard InChI is InChI=1S/C7H12N2O/c8-6(10)9-7-3-1-2-5(7)4-7/h5H,1-4H2,(H3,8,9,10)/t5-,7-/m1/s1. The zero-order valence-electron chi connectivity index (χ0n) is 5.89. The maximum Gasteiger partial charge on any atom is 0.312 e. The van der Waals surface area contributed by atoms with Crippen molar-refractivity contribution in [3.8, 4) is 0 Å². The van der Waals surface area contributed by atoms with E-state index in [-0.39, 0.29) is 11.6 Å². The molecular weight excluding hydrogens is 128 g/mol. The average Bonchev–Trinajstić information content (AvgIpc) is 2.33. The van der Waals surface area contributed by atoms with Crippen LogP contribution in [0.1, 0.15) is 25.7 Å². The Hall–Kier alpha value is -0.730. The van der Waals surface area contributed by atoms with Crippen molar-refractivity contribution in [3.05, 3.63) is 0 Å². The zero-order chi connectivity index (χ0) is 7.19. The van der Waals surface area contributed by atoms with E-state index in [0.717, 1.165) is 18.8 Å². The molecule has 2 aliphatic rings. The first-order chi connectivity index (χ1) is 4.73. The Kier molecular flexibility index (Phi) is 0.993. The van der Waals surface area contributed by atoms with Gasteiger partial charge in [-0.15, -0.1) is 0 Å². The van der Waals surface area contributed by atoms with E-state index in [1.807, 2.05) is 0 Å². The fourth-order valence-electron chi connectivity index (χ4n) is 2.19. The molecule has 3 nitrogen and oxygen atoms in total. The van der Waals surface area contributed by atoms with Crippen LogP contribution in [-0.4, -0.2) is 11.6 Å². The van der Waals surface area contributed by atoms with Gasteiger partial charge >= 0.3 is 6.03 Å². The predicted molar refractivity (Wildman–Crippen MR) is 37.4 cm³/mol. The van der Waals surface area contributed by atoms with Gasteiger partial charge in [-0.3, -0.25) is 0 Å². The van der Waals surface area contributed by atoms with Crippen molar-refractivity contribution < 1.29 is 4.79 Å². The van der Waals surface area contributed by atoms with E-state index >= 15 is 0 Å². The van der Waals surface area contributed by atoms with Gasteiger partial charge in [0.2, 0.25) is 0 Å². The number of hydrogen-bond donors (Lipinski definition) is 2. The van der Waals surface area contributed by atoms with E-state index in [2.05, 4.69) is 5.32 Å². The van der Waals surface area contributed by atoms with Gasteiger partial charge in [0.15, 0.2) is 0 Å². The lowest BCUT2D eigenvalue weighted by atomic mass is 10.2. The topological polar surface area (TPSA) is 55.1 Å². The molecule has 0 spiro atoms. The lowest BCUT2D eigenvalue weighted by Crippen LogP contribution is -2.40. The van der Waals surface area contributed by atoms with E-state index in [0.29, 0.717) is 0 Å². The minimum Gasteiger partial charge on any atom is -0.352 e. The number of primary amides is 1. The number of nitrogens with two attached hydrogens (primary N) is 1. The summed E-state index contributed by atoms with van der Waals surface area (Å²) in [5, 5.41) is 2.83. The number of nitrogens with one attached hydrogen (secondary N) is 1. The lowest BCUT2D eigenvalue weighted by Gasteiger charge is -2.11. The summed E-state index contributed by atoms with van der Waals surface area (Å²) in [5.74, 6) is 0.750. The molecule has 2 amide bonds. The van der Waals surface area contributed by atoms with E-state index in [4.69, 9.17) is 5.73 Å². The molecule has 0 heterocycles. The molecule has 0 unspecified atom stereocenters. The summed E-state index contributed by atoms with van der Waals surface area (Å²) < 4.78 is 0. The number of urea groups is 1. The molecule has 56 valence electrons. The molecule has 0 aliphatic heterocycles. The molecule has 0 bridgehead atoms. The zero-order valence-corrected chi connectivity index (χ0v) is 5.89. The molecular formula is C7H12N2O. The van der Waals surface area contributed by atoms with Crippen LogP contribution in [0.15, 0.2) is 0 Å². The van der Waals surface area contributed by atoms with E-state index in [9.17, 15) is 4.79 Å². The van der Waals surface area contributed by atoms with Crippen LogP contribution in [0.3, 0.4) is 0 Å². The fraction of sp³-hybridized carbons (Fsp3) is 0.857. The van der Waals surface area contributed by atoms with Gasteiger partial charge in [-0.1, -0.05) is 6.42 Å². The highest BCUT2D eigenvalue weighted by Crippen LogP contribution is 2.55. The summed E-state index contributed by atoms with van der Waals surface area (Å²) in [6.07, 6.45) is 4.84. The molecule has 10 heavy (non-hydrogen) atoms. The predicted octanol–water partition coefficient (Wildman–Crippen LogP) is 0.597.